The van der Waals surface area contributed by atoms with Gasteiger partial charge in [-0.25, -0.2) is 0 Å². The highest BCUT2D eigenvalue weighted by molar-refractivity contribution is 5.86. The monoisotopic (exact) mass is 230 g/mol. The highest BCUT2D eigenvalue weighted by Gasteiger charge is 2.19. The summed E-state index contributed by atoms with van der Waals surface area (Å²) in [7, 11) is 3.35. The second-order valence-electron chi connectivity index (χ2n) is 4.20. The molecule has 0 N–H and O–H groups in total. The van der Waals surface area contributed by atoms with Gasteiger partial charge in [0.15, 0.2) is 6.29 Å². The maximum absolute atomic E-state index is 5.34. The molecule has 0 amide bonds. The lowest BCUT2D eigenvalue weighted by Crippen LogP contribution is -2.20. The summed E-state index contributed by atoms with van der Waals surface area (Å²) in [6.45, 7) is 2.12. The standard InChI is InChI=1S/C15H18O2/c1-11(15(16-2)17-3)13-10-6-8-12-7-4-5-9-14(12)13/h4-11,15H,1-3H3. The van der Waals surface area contributed by atoms with Crippen LogP contribution < -0.4 is 0 Å². The molecular formula is C15H18O2. The average molecular weight is 230 g/mol. The van der Waals surface area contributed by atoms with E-state index in [0.29, 0.717) is 0 Å². The first-order valence-electron chi connectivity index (χ1n) is 5.81. The van der Waals surface area contributed by atoms with Gasteiger partial charge in [-0.15, -0.1) is 0 Å². The minimum absolute atomic E-state index is 0.205. The van der Waals surface area contributed by atoms with Crippen LogP contribution in [-0.4, -0.2) is 20.5 Å². The molecule has 0 fully saturated rings. The lowest BCUT2D eigenvalue weighted by atomic mass is 9.94. The highest BCUT2D eigenvalue weighted by atomic mass is 16.7. The third-order valence-corrected chi connectivity index (χ3v) is 3.19. The van der Waals surface area contributed by atoms with E-state index in [0.717, 1.165) is 0 Å². The van der Waals surface area contributed by atoms with Gasteiger partial charge in [0, 0.05) is 20.1 Å². The zero-order valence-corrected chi connectivity index (χ0v) is 10.5. The molecule has 0 aliphatic rings. The van der Waals surface area contributed by atoms with E-state index in [1.165, 1.54) is 16.3 Å². The van der Waals surface area contributed by atoms with Crippen LogP contribution in [0.1, 0.15) is 18.4 Å². The fourth-order valence-corrected chi connectivity index (χ4v) is 2.30. The number of rotatable bonds is 4. The fourth-order valence-electron chi connectivity index (χ4n) is 2.30. The molecule has 0 saturated heterocycles. The third-order valence-electron chi connectivity index (χ3n) is 3.19. The Kier molecular flexibility index (Phi) is 3.77. The van der Waals surface area contributed by atoms with Crippen molar-refractivity contribution < 1.29 is 9.47 Å². The van der Waals surface area contributed by atoms with Crippen molar-refractivity contribution >= 4 is 10.8 Å². The maximum Gasteiger partial charge on any atom is 0.163 e. The van der Waals surface area contributed by atoms with E-state index in [2.05, 4.69) is 49.4 Å². The molecule has 0 aliphatic heterocycles. The summed E-state index contributed by atoms with van der Waals surface area (Å²) in [5.41, 5.74) is 1.26. The zero-order valence-electron chi connectivity index (χ0n) is 10.5. The summed E-state index contributed by atoms with van der Waals surface area (Å²) >= 11 is 0. The number of fused-ring (bicyclic) bond motifs is 1. The van der Waals surface area contributed by atoms with Gasteiger partial charge in [0.1, 0.15) is 0 Å². The van der Waals surface area contributed by atoms with Gasteiger partial charge in [-0.05, 0) is 16.3 Å². The van der Waals surface area contributed by atoms with Crippen molar-refractivity contribution in [1.29, 1.82) is 0 Å². The zero-order chi connectivity index (χ0) is 12.3. The van der Waals surface area contributed by atoms with Crippen molar-refractivity contribution in [2.75, 3.05) is 14.2 Å². The summed E-state index contributed by atoms with van der Waals surface area (Å²) in [6, 6.07) is 14.7. The molecule has 0 aliphatic carbocycles. The van der Waals surface area contributed by atoms with E-state index in [4.69, 9.17) is 9.47 Å². The van der Waals surface area contributed by atoms with Crippen molar-refractivity contribution in [1.82, 2.24) is 0 Å². The predicted octanol–water partition coefficient (Wildman–Crippen LogP) is 3.56. The molecule has 17 heavy (non-hydrogen) atoms. The van der Waals surface area contributed by atoms with E-state index in [9.17, 15) is 0 Å². The largest absolute Gasteiger partial charge is 0.355 e. The molecule has 0 saturated carbocycles. The van der Waals surface area contributed by atoms with Gasteiger partial charge in [-0.1, -0.05) is 49.4 Å². The minimum Gasteiger partial charge on any atom is -0.355 e. The Balaban J connectivity index is 2.47. The third kappa shape index (κ3) is 2.33. The van der Waals surface area contributed by atoms with Crippen LogP contribution in [0.25, 0.3) is 10.8 Å². The molecule has 2 aromatic carbocycles. The van der Waals surface area contributed by atoms with E-state index in [-0.39, 0.29) is 12.2 Å². The van der Waals surface area contributed by atoms with Crippen LogP contribution in [0.5, 0.6) is 0 Å². The molecule has 0 radical (unpaired) electrons. The maximum atomic E-state index is 5.34. The Bertz CT molecular complexity index is 484. The first kappa shape index (κ1) is 12.1. The first-order valence-corrected chi connectivity index (χ1v) is 5.81. The normalized spacial score (nSPS) is 13.2. The van der Waals surface area contributed by atoms with Gasteiger partial charge < -0.3 is 9.47 Å². The van der Waals surface area contributed by atoms with Crippen LogP contribution in [0.3, 0.4) is 0 Å². The SMILES string of the molecule is COC(OC)C(C)c1cccc2ccccc12. The number of hydrogen-bond acceptors (Lipinski definition) is 2. The van der Waals surface area contributed by atoms with E-state index in [1.807, 2.05) is 0 Å². The molecule has 1 unspecified atom stereocenters. The molecule has 0 spiro atoms. The molecule has 2 nitrogen and oxygen atoms in total. The summed E-state index contributed by atoms with van der Waals surface area (Å²) in [6.07, 6.45) is -0.208. The fraction of sp³-hybridized carbons (Fsp3) is 0.333. The van der Waals surface area contributed by atoms with Crippen molar-refractivity contribution in [3.05, 3.63) is 48.0 Å². The lowest BCUT2D eigenvalue weighted by molar-refractivity contribution is -0.114. The van der Waals surface area contributed by atoms with E-state index in [1.54, 1.807) is 14.2 Å². The first-order chi connectivity index (χ1) is 8.27. The van der Waals surface area contributed by atoms with Crippen molar-refractivity contribution in [2.45, 2.75) is 19.1 Å². The van der Waals surface area contributed by atoms with Crippen LogP contribution >= 0.6 is 0 Å². The molecule has 0 bridgehead atoms. The van der Waals surface area contributed by atoms with E-state index >= 15 is 0 Å². The van der Waals surface area contributed by atoms with Crippen LogP contribution in [0.4, 0.5) is 0 Å². The molecule has 0 heterocycles. The smallest absolute Gasteiger partial charge is 0.163 e. The Morgan fingerprint density at radius 2 is 1.53 bits per heavy atom. The number of benzene rings is 2. The second kappa shape index (κ2) is 5.30. The van der Waals surface area contributed by atoms with Crippen LogP contribution in [0.15, 0.2) is 42.5 Å². The molecule has 2 aromatic rings. The van der Waals surface area contributed by atoms with Crippen molar-refractivity contribution in [2.24, 2.45) is 0 Å². The Morgan fingerprint density at radius 1 is 0.882 bits per heavy atom. The van der Waals surface area contributed by atoms with Crippen LogP contribution in [0.2, 0.25) is 0 Å². The summed E-state index contributed by atoms with van der Waals surface area (Å²) in [5, 5.41) is 2.52. The predicted molar refractivity (Wildman–Crippen MR) is 70.2 cm³/mol. The topological polar surface area (TPSA) is 18.5 Å². The minimum atomic E-state index is -0.208. The van der Waals surface area contributed by atoms with Gasteiger partial charge in [-0.2, -0.15) is 0 Å². The van der Waals surface area contributed by atoms with Crippen LogP contribution in [0, 0.1) is 0 Å². The van der Waals surface area contributed by atoms with Gasteiger partial charge in [0.2, 0.25) is 0 Å². The highest BCUT2D eigenvalue weighted by Crippen LogP contribution is 2.28. The summed E-state index contributed by atoms with van der Waals surface area (Å²) in [4.78, 5) is 0. The Hall–Kier alpha value is -1.38. The number of ether oxygens (including phenoxy) is 2. The molecular weight excluding hydrogens is 212 g/mol. The van der Waals surface area contributed by atoms with Crippen LogP contribution in [-0.2, 0) is 9.47 Å². The van der Waals surface area contributed by atoms with Gasteiger partial charge in [0.25, 0.3) is 0 Å². The summed E-state index contributed by atoms with van der Waals surface area (Å²) in [5.74, 6) is 0.205. The van der Waals surface area contributed by atoms with Crippen molar-refractivity contribution in [3.63, 3.8) is 0 Å². The molecule has 90 valence electrons. The molecule has 0 aromatic heterocycles. The second-order valence-corrected chi connectivity index (χ2v) is 4.20. The molecule has 2 heteroatoms. The molecule has 1 atom stereocenters. The van der Waals surface area contributed by atoms with Crippen molar-refractivity contribution in [3.8, 4) is 0 Å². The quantitative estimate of drug-likeness (QED) is 0.748. The Morgan fingerprint density at radius 3 is 2.24 bits per heavy atom. The average Bonchev–Trinajstić information content (AvgIpc) is 2.39. The van der Waals surface area contributed by atoms with E-state index < -0.39 is 0 Å². The number of methoxy groups -OCH3 is 2. The molecule has 2 rings (SSSR count). The van der Waals surface area contributed by atoms with Gasteiger partial charge >= 0.3 is 0 Å². The van der Waals surface area contributed by atoms with Gasteiger partial charge in [-0.3, -0.25) is 0 Å². The Labute approximate surface area is 102 Å². The lowest BCUT2D eigenvalue weighted by Gasteiger charge is -2.22. The summed E-state index contributed by atoms with van der Waals surface area (Å²) < 4.78 is 10.7. The van der Waals surface area contributed by atoms with Gasteiger partial charge in [0.05, 0.1) is 0 Å². The number of hydrogen-bond donors (Lipinski definition) is 0.